The SMILES string of the molecule is O=Cc1ccc(OCC(=O)Nc2ccc(Cl)c(Cl)c2)c([N+](=O)[O-])c1. The van der Waals surface area contributed by atoms with Crippen molar-refractivity contribution in [2.45, 2.75) is 0 Å². The molecule has 1 N–H and O–H groups in total. The number of carbonyl (C=O) groups is 2. The van der Waals surface area contributed by atoms with E-state index in [9.17, 15) is 19.7 Å². The highest BCUT2D eigenvalue weighted by molar-refractivity contribution is 6.42. The van der Waals surface area contributed by atoms with Crippen LogP contribution in [0.1, 0.15) is 10.4 Å². The quantitative estimate of drug-likeness (QED) is 0.475. The first-order chi connectivity index (χ1) is 11.4. The Kier molecular flexibility index (Phi) is 5.73. The molecule has 0 fully saturated rings. The summed E-state index contributed by atoms with van der Waals surface area (Å²) in [4.78, 5) is 32.8. The zero-order valence-electron chi connectivity index (χ0n) is 12.0. The summed E-state index contributed by atoms with van der Waals surface area (Å²) in [6, 6.07) is 8.21. The first kappa shape index (κ1) is 17.7. The number of hydrogen-bond donors (Lipinski definition) is 1. The number of hydrogen-bond acceptors (Lipinski definition) is 5. The molecule has 2 aromatic rings. The van der Waals surface area contributed by atoms with Gasteiger partial charge in [-0.05, 0) is 30.3 Å². The second-order valence-corrected chi connectivity index (χ2v) is 5.38. The Morgan fingerprint density at radius 2 is 1.96 bits per heavy atom. The Labute approximate surface area is 146 Å². The summed E-state index contributed by atoms with van der Waals surface area (Å²) in [5.74, 6) is -0.656. The summed E-state index contributed by atoms with van der Waals surface area (Å²) in [7, 11) is 0. The van der Waals surface area contributed by atoms with Gasteiger partial charge < -0.3 is 10.1 Å². The van der Waals surface area contributed by atoms with Gasteiger partial charge in [-0.15, -0.1) is 0 Å². The smallest absolute Gasteiger partial charge is 0.311 e. The molecule has 0 aliphatic carbocycles. The number of nitrogens with zero attached hydrogens (tertiary/aromatic N) is 1. The van der Waals surface area contributed by atoms with Gasteiger partial charge in [0.05, 0.1) is 15.0 Å². The number of carbonyl (C=O) groups excluding carboxylic acids is 2. The van der Waals surface area contributed by atoms with E-state index in [0.29, 0.717) is 17.0 Å². The molecule has 0 saturated carbocycles. The molecule has 124 valence electrons. The highest BCUT2D eigenvalue weighted by Crippen LogP contribution is 2.28. The van der Waals surface area contributed by atoms with E-state index < -0.39 is 23.1 Å². The molecule has 0 aliphatic rings. The molecule has 0 saturated heterocycles. The van der Waals surface area contributed by atoms with Gasteiger partial charge in [-0.3, -0.25) is 19.7 Å². The van der Waals surface area contributed by atoms with Gasteiger partial charge in [0.1, 0.15) is 6.29 Å². The second-order valence-electron chi connectivity index (χ2n) is 4.57. The fraction of sp³-hybridized carbons (Fsp3) is 0.0667. The zero-order chi connectivity index (χ0) is 17.7. The van der Waals surface area contributed by atoms with E-state index in [1.165, 1.54) is 24.3 Å². The van der Waals surface area contributed by atoms with Crippen LogP contribution in [-0.2, 0) is 4.79 Å². The number of nitro groups is 1. The molecule has 0 spiro atoms. The lowest BCUT2D eigenvalue weighted by Crippen LogP contribution is -2.20. The minimum Gasteiger partial charge on any atom is -0.477 e. The van der Waals surface area contributed by atoms with Crippen LogP contribution in [0.15, 0.2) is 36.4 Å². The van der Waals surface area contributed by atoms with Gasteiger partial charge >= 0.3 is 5.69 Å². The fourth-order valence-electron chi connectivity index (χ4n) is 1.79. The molecule has 7 nitrogen and oxygen atoms in total. The van der Waals surface area contributed by atoms with E-state index in [1.54, 1.807) is 6.07 Å². The third-order valence-electron chi connectivity index (χ3n) is 2.88. The normalized spacial score (nSPS) is 10.1. The molecule has 2 rings (SSSR count). The number of halogens is 2. The average Bonchev–Trinajstić information content (AvgIpc) is 2.56. The third kappa shape index (κ3) is 4.43. The van der Waals surface area contributed by atoms with Crippen molar-refractivity contribution in [2.75, 3.05) is 11.9 Å². The van der Waals surface area contributed by atoms with Gasteiger partial charge in [-0.25, -0.2) is 0 Å². The summed E-state index contributed by atoms with van der Waals surface area (Å²) in [5, 5.41) is 14.1. The van der Waals surface area contributed by atoms with E-state index in [1.807, 2.05) is 0 Å². The zero-order valence-corrected chi connectivity index (χ0v) is 13.5. The van der Waals surface area contributed by atoms with Crippen molar-refractivity contribution in [3.8, 4) is 5.75 Å². The van der Waals surface area contributed by atoms with Crippen LogP contribution < -0.4 is 10.1 Å². The van der Waals surface area contributed by atoms with Crippen molar-refractivity contribution in [1.29, 1.82) is 0 Å². The lowest BCUT2D eigenvalue weighted by atomic mass is 10.2. The van der Waals surface area contributed by atoms with Crippen molar-refractivity contribution in [3.05, 3.63) is 62.1 Å². The number of nitrogens with one attached hydrogen (secondary N) is 1. The molecule has 1 amide bonds. The first-order valence-electron chi connectivity index (χ1n) is 6.52. The predicted molar refractivity (Wildman–Crippen MR) is 89.1 cm³/mol. The number of anilines is 1. The highest BCUT2D eigenvalue weighted by atomic mass is 35.5. The van der Waals surface area contributed by atoms with Crippen LogP contribution in [0.3, 0.4) is 0 Å². The molecule has 0 aromatic heterocycles. The third-order valence-corrected chi connectivity index (χ3v) is 3.62. The Bertz CT molecular complexity index is 810. The fourth-order valence-corrected chi connectivity index (χ4v) is 2.08. The lowest BCUT2D eigenvalue weighted by Gasteiger charge is -2.08. The molecule has 0 bridgehead atoms. The van der Waals surface area contributed by atoms with E-state index in [2.05, 4.69) is 5.32 Å². The van der Waals surface area contributed by atoms with Gasteiger partial charge in [-0.1, -0.05) is 23.2 Å². The van der Waals surface area contributed by atoms with Crippen LogP contribution in [0.25, 0.3) is 0 Å². The Balaban J connectivity index is 2.04. The Morgan fingerprint density at radius 1 is 1.21 bits per heavy atom. The van der Waals surface area contributed by atoms with Crippen LogP contribution in [0.2, 0.25) is 10.0 Å². The van der Waals surface area contributed by atoms with Crippen LogP contribution in [-0.4, -0.2) is 23.7 Å². The van der Waals surface area contributed by atoms with Crippen molar-refractivity contribution in [2.24, 2.45) is 0 Å². The van der Waals surface area contributed by atoms with Crippen molar-refractivity contribution < 1.29 is 19.2 Å². The molecule has 9 heteroatoms. The molecule has 0 atom stereocenters. The standard InChI is InChI=1S/C15H10Cl2N2O5/c16-11-3-2-10(6-12(11)17)18-15(21)8-24-14-4-1-9(7-20)5-13(14)19(22)23/h1-7H,8H2,(H,18,21). The van der Waals surface area contributed by atoms with E-state index >= 15 is 0 Å². The van der Waals surface area contributed by atoms with Crippen LogP contribution >= 0.6 is 23.2 Å². The number of aldehydes is 1. The van der Waals surface area contributed by atoms with E-state index in [0.717, 1.165) is 6.07 Å². The number of rotatable bonds is 6. The second kappa shape index (κ2) is 7.76. The largest absolute Gasteiger partial charge is 0.477 e. The summed E-state index contributed by atoms with van der Waals surface area (Å²) in [5.41, 5.74) is 0.139. The molecule has 0 aliphatic heterocycles. The predicted octanol–water partition coefficient (Wildman–Crippen LogP) is 3.73. The van der Waals surface area contributed by atoms with E-state index in [-0.39, 0.29) is 16.3 Å². The van der Waals surface area contributed by atoms with Gasteiger partial charge in [0, 0.05) is 17.3 Å². The maximum Gasteiger partial charge on any atom is 0.311 e. The Hall–Kier alpha value is -2.64. The lowest BCUT2D eigenvalue weighted by molar-refractivity contribution is -0.385. The topological polar surface area (TPSA) is 98.5 Å². The van der Waals surface area contributed by atoms with Crippen LogP contribution in [0.5, 0.6) is 5.75 Å². The highest BCUT2D eigenvalue weighted by Gasteiger charge is 2.17. The van der Waals surface area contributed by atoms with Gasteiger partial charge in [0.25, 0.3) is 5.91 Å². The molecule has 0 heterocycles. The molecule has 24 heavy (non-hydrogen) atoms. The molecule has 0 radical (unpaired) electrons. The minimum absolute atomic E-state index is 0.116. The summed E-state index contributed by atoms with van der Waals surface area (Å²) >= 11 is 11.6. The van der Waals surface area contributed by atoms with Gasteiger partial charge in [0.2, 0.25) is 0 Å². The summed E-state index contributed by atoms with van der Waals surface area (Å²) < 4.78 is 5.16. The molecular weight excluding hydrogens is 359 g/mol. The maximum absolute atomic E-state index is 11.8. The number of benzene rings is 2. The van der Waals surface area contributed by atoms with Gasteiger partial charge in [0.15, 0.2) is 12.4 Å². The van der Waals surface area contributed by atoms with E-state index in [4.69, 9.17) is 27.9 Å². The van der Waals surface area contributed by atoms with Crippen molar-refractivity contribution in [3.63, 3.8) is 0 Å². The Morgan fingerprint density at radius 3 is 2.58 bits per heavy atom. The van der Waals surface area contributed by atoms with Crippen LogP contribution in [0.4, 0.5) is 11.4 Å². The minimum atomic E-state index is -0.695. The molecule has 2 aromatic carbocycles. The van der Waals surface area contributed by atoms with Crippen LogP contribution in [0, 0.1) is 10.1 Å². The number of amides is 1. The summed E-state index contributed by atoms with van der Waals surface area (Å²) in [6.45, 7) is -0.457. The van der Waals surface area contributed by atoms with Crippen molar-refractivity contribution in [1.82, 2.24) is 0 Å². The molecular formula is C15H10Cl2N2O5. The monoisotopic (exact) mass is 368 g/mol. The van der Waals surface area contributed by atoms with Crippen molar-refractivity contribution >= 4 is 46.8 Å². The number of ether oxygens (including phenoxy) is 1. The maximum atomic E-state index is 11.8. The first-order valence-corrected chi connectivity index (χ1v) is 7.27. The van der Waals surface area contributed by atoms with Gasteiger partial charge in [-0.2, -0.15) is 0 Å². The average molecular weight is 369 g/mol. The summed E-state index contributed by atoms with van der Waals surface area (Å²) in [6.07, 6.45) is 0.480. The number of nitro benzene ring substituents is 1. The molecule has 0 unspecified atom stereocenters.